The first-order valence-corrected chi connectivity index (χ1v) is 14.3. The lowest BCUT2D eigenvalue weighted by Gasteiger charge is -2.34. The molecule has 3 N–H and O–H groups in total. The molecule has 8 atom stereocenters. The van der Waals surface area contributed by atoms with Crippen LogP contribution >= 0.6 is 11.3 Å². The van der Waals surface area contributed by atoms with Crippen molar-refractivity contribution < 1.29 is 29.6 Å². The minimum atomic E-state index is -1.24. The topological polar surface area (TPSA) is 120 Å². The maximum atomic E-state index is 13.3. The summed E-state index contributed by atoms with van der Waals surface area (Å²) in [6.45, 7) is 11.4. The smallest absolute Gasteiger partial charge is 0.309 e. The van der Waals surface area contributed by atoms with Crippen molar-refractivity contribution in [1.82, 2.24) is 9.88 Å². The standard InChI is InChI=1S/C28H44N2O6S/c1-16-8-7-9-21-22(30(21)10-11-31)13-23(17(2)12-20-15-37-19(4)29-20)36-25(33)14-24(32)28(5,6)27(35)18(3)26(16)34/h12,15-16,18,21-24,26,31-32,34H,7-11,13-14H2,1-6H3/b17-12+/t16?,18?,21-,22?,23?,24?,26+,30-/m1/s1. The Hall–Kier alpha value is -1.65. The van der Waals surface area contributed by atoms with Crippen molar-refractivity contribution in [1.29, 1.82) is 0 Å². The predicted molar refractivity (Wildman–Crippen MR) is 144 cm³/mol. The molecule has 0 aromatic carbocycles. The normalized spacial score (nSPS) is 36.1. The minimum absolute atomic E-state index is 0.0559. The van der Waals surface area contributed by atoms with Gasteiger partial charge < -0.3 is 20.1 Å². The monoisotopic (exact) mass is 536 g/mol. The van der Waals surface area contributed by atoms with Crippen LogP contribution in [0, 0.1) is 24.2 Å². The van der Waals surface area contributed by atoms with Crippen LogP contribution in [0.4, 0.5) is 0 Å². The number of ketones is 1. The number of hydrogen-bond acceptors (Lipinski definition) is 9. The van der Waals surface area contributed by atoms with Crippen molar-refractivity contribution in [2.24, 2.45) is 17.3 Å². The van der Waals surface area contributed by atoms with Crippen LogP contribution in [-0.4, -0.2) is 80.5 Å². The first-order chi connectivity index (χ1) is 17.4. The molecule has 5 unspecified atom stereocenters. The highest BCUT2D eigenvalue weighted by molar-refractivity contribution is 7.09. The number of carbonyl (C=O) groups excluding carboxylic acids is 2. The predicted octanol–water partition coefficient (Wildman–Crippen LogP) is 3.37. The molecule has 2 aliphatic heterocycles. The third kappa shape index (κ3) is 7.26. The first kappa shape index (κ1) is 29.9. The summed E-state index contributed by atoms with van der Waals surface area (Å²) < 4.78 is 5.94. The number of fused-ring (bicyclic) bond motifs is 1. The van der Waals surface area contributed by atoms with E-state index in [-0.39, 0.29) is 36.8 Å². The van der Waals surface area contributed by atoms with Crippen LogP contribution < -0.4 is 0 Å². The highest BCUT2D eigenvalue weighted by atomic mass is 32.1. The summed E-state index contributed by atoms with van der Waals surface area (Å²) in [6, 6.07) is 0.434. The summed E-state index contributed by atoms with van der Waals surface area (Å²) in [6.07, 6.45) is 2.19. The van der Waals surface area contributed by atoms with Gasteiger partial charge in [0, 0.05) is 36.3 Å². The molecule has 37 heavy (non-hydrogen) atoms. The third-order valence-electron chi connectivity index (χ3n) is 8.31. The van der Waals surface area contributed by atoms with E-state index in [2.05, 4.69) is 9.88 Å². The van der Waals surface area contributed by atoms with E-state index >= 15 is 0 Å². The second kappa shape index (κ2) is 12.5. The highest BCUT2D eigenvalue weighted by Crippen LogP contribution is 2.39. The van der Waals surface area contributed by atoms with Crippen LogP contribution in [0.2, 0.25) is 0 Å². The third-order valence-corrected chi connectivity index (χ3v) is 9.10. The maximum Gasteiger partial charge on any atom is 0.309 e. The van der Waals surface area contributed by atoms with Gasteiger partial charge in [0.05, 0.1) is 41.4 Å². The fourth-order valence-corrected chi connectivity index (χ4v) is 6.22. The van der Waals surface area contributed by atoms with E-state index in [0.717, 1.165) is 35.5 Å². The molecule has 9 heteroatoms. The SMILES string of the molecule is C/C(=C\c1csc(C)n1)C1CC2[C@@H](CCCC(C)[C@H](O)C(C)C(=O)C(C)(C)C(O)CC(=O)O1)[N@@]2CCO. The van der Waals surface area contributed by atoms with Crippen molar-refractivity contribution in [2.75, 3.05) is 13.2 Å². The van der Waals surface area contributed by atoms with Crippen LogP contribution in [0.1, 0.15) is 77.4 Å². The van der Waals surface area contributed by atoms with E-state index in [4.69, 9.17) is 4.74 Å². The molecule has 0 spiro atoms. The van der Waals surface area contributed by atoms with Gasteiger partial charge in [-0.25, -0.2) is 4.98 Å². The number of cyclic esters (lactones) is 1. The Balaban J connectivity index is 1.88. The van der Waals surface area contributed by atoms with Crippen molar-refractivity contribution in [3.05, 3.63) is 21.7 Å². The van der Waals surface area contributed by atoms with Gasteiger partial charge in [-0.05, 0) is 44.3 Å². The van der Waals surface area contributed by atoms with E-state index in [0.29, 0.717) is 13.0 Å². The van der Waals surface area contributed by atoms with Gasteiger partial charge >= 0.3 is 5.97 Å². The highest BCUT2D eigenvalue weighted by Gasteiger charge is 2.48. The molecule has 0 amide bonds. The number of Topliss-reactive ketones (excluding diaryl/α,β-unsaturated/α-hetero) is 1. The molecule has 1 aromatic heterocycles. The molecule has 0 bridgehead atoms. The van der Waals surface area contributed by atoms with E-state index in [1.54, 1.807) is 32.1 Å². The molecular formula is C28H44N2O6S. The van der Waals surface area contributed by atoms with Gasteiger partial charge in [0.2, 0.25) is 0 Å². The van der Waals surface area contributed by atoms with Crippen LogP contribution in [-0.2, 0) is 14.3 Å². The summed E-state index contributed by atoms with van der Waals surface area (Å²) in [5.74, 6) is -1.57. The number of rotatable bonds is 4. The Morgan fingerprint density at radius 1 is 1.24 bits per heavy atom. The van der Waals surface area contributed by atoms with Gasteiger partial charge in [-0.15, -0.1) is 11.3 Å². The molecule has 2 fully saturated rings. The number of thiazole rings is 1. The van der Waals surface area contributed by atoms with Crippen LogP contribution in [0.15, 0.2) is 11.0 Å². The average Bonchev–Trinajstić information content (AvgIpc) is 3.29. The Labute approximate surface area is 224 Å². The number of carbonyl (C=O) groups is 2. The number of nitrogens with zero attached hydrogens (tertiary/aromatic N) is 2. The van der Waals surface area contributed by atoms with Crippen molar-refractivity contribution in [2.45, 2.75) is 104 Å². The number of esters is 1. The molecule has 0 saturated carbocycles. The molecule has 1 aromatic rings. The van der Waals surface area contributed by atoms with Crippen LogP contribution in [0.5, 0.6) is 0 Å². The molecule has 2 aliphatic rings. The summed E-state index contributed by atoms with van der Waals surface area (Å²) >= 11 is 1.55. The van der Waals surface area contributed by atoms with E-state index in [1.807, 2.05) is 32.2 Å². The number of hydrogen-bond donors (Lipinski definition) is 3. The van der Waals surface area contributed by atoms with Gasteiger partial charge in [0.1, 0.15) is 11.9 Å². The quantitative estimate of drug-likeness (QED) is 0.396. The van der Waals surface area contributed by atoms with Gasteiger partial charge in [0.15, 0.2) is 0 Å². The number of ether oxygens (including phenoxy) is 1. The largest absolute Gasteiger partial charge is 0.458 e. The lowest BCUT2D eigenvalue weighted by molar-refractivity contribution is -0.154. The number of aliphatic hydroxyl groups excluding tert-OH is 3. The van der Waals surface area contributed by atoms with Crippen LogP contribution in [0.3, 0.4) is 0 Å². The molecule has 8 nitrogen and oxygen atoms in total. The van der Waals surface area contributed by atoms with Crippen LogP contribution in [0.25, 0.3) is 6.08 Å². The lowest BCUT2D eigenvalue weighted by Crippen LogP contribution is -2.45. The Morgan fingerprint density at radius 2 is 1.95 bits per heavy atom. The van der Waals surface area contributed by atoms with Gasteiger partial charge in [-0.2, -0.15) is 0 Å². The number of aryl methyl sites for hydroxylation is 1. The number of aromatic nitrogens is 1. The van der Waals surface area contributed by atoms with E-state index < -0.39 is 35.6 Å². The zero-order chi connectivity index (χ0) is 27.5. The van der Waals surface area contributed by atoms with E-state index in [9.17, 15) is 24.9 Å². The summed E-state index contributed by atoms with van der Waals surface area (Å²) in [4.78, 5) is 33.1. The Kier molecular flexibility index (Phi) is 10.1. The number of aliphatic hydroxyl groups is 3. The zero-order valence-electron chi connectivity index (χ0n) is 23.0. The Morgan fingerprint density at radius 3 is 2.57 bits per heavy atom. The summed E-state index contributed by atoms with van der Waals surface area (Å²) in [5.41, 5.74) is 0.467. The second-order valence-corrected chi connectivity index (χ2v) is 12.5. The minimum Gasteiger partial charge on any atom is -0.458 e. The van der Waals surface area contributed by atoms with Crippen molar-refractivity contribution in [3.63, 3.8) is 0 Å². The fourth-order valence-electron chi connectivity index (χ4n) is 5.65. The average molecular weight is 537 g/mol. The molecule has 0 aliphatic carbocycles. The summed E-state index contributed by atoms with van der Waals surface area (Å²) in [5, 5.41) is 34.3. The second-order valence-electron chi connectivity index (χ2n) is 11.5. The van der Waals surface area contributed by atoms with Crippen molar-refractivity contribution in [3.8, 4) is 0 Å². The maximum absolute atomic E-state index is 13.3. The van der Waals surface area contributed by atoms with Gasteiger partial charge in [-0.3, -0.25) is 14.5 Å². The lowest BCUT2D eigenvalue weighted by atomic mass is 9.73. The molecule has 0 radical (unpaired) electrons. The van der Waals surface area contributed by atoms with Gasteiger partial charge in [0.25, 0.3) is 0 Å². The van der Waals surface area contributed by atoms with Crippen molar-refractivity contribution >= 4 is 29.2 Å². The molecule has 3 heterocycles. The summed E-state index contributed by atoms with van der Waals surface area (Å²) in [7, 11) is 0. The zero-order valence-corrected chi connectivity index (χ0v) is 23.8. The van der Waals surface area contributed by atoms with E-state index in [1.165, 1.54) is 0 Å². The molecule has 208 valence electrons. The number of β-amino-alcohol motifs (C(OH)–C–C–N with tert-alkyl or cyclic N) is 1. The Bertz CT molecular complexity index is 976. The molecule has 2 saturated heterocycles. The molecular weight excluding hydrogens is 492 g/mol. The first-order valence-electron chi connectivity index (χ1n) is 13.4. The molecule has 3 rings (SSSR count). The van der Waals surface area contributed by atoms with Gasteiger partial charge in [-0.1, -0.05) is 34.1 Å². The fraction of sp³-hybridized carbons (Fsp3) is 0.750.